The first kappa shape index (κ1) is 39.9. The third-order valence-electron chi connectivity index (χ3n) is 7.66. The number of nitrogens with one attached hydrogen (secondary N) is 4. The summed E-state index contributed by atoms with van der Waals surface area (Å²) >= 11 is 0. The van der Waals surface area contributed by atoms with Crippen LogP contribution >= 0.6 is 0 Å². The minimum Gasteiger partial charge on any atom is -0.484 e. The fraction of sp³-hybridized carbons (Fsp3) is 0.300. The van der Waals surface area contributed by atoms with Gasteiger partial charge in [0.05, 0.1) is 0 Å². The van der Waals surface area contributed by atoms with Gasteiger partial charge in [-0.05, 0) is 67.3 Å². The predicted molar refractivity (Wildman–Crippen MR) is 193 cm³/mol. The first-order valence-electron chi connectivity index (χ1n) is 16.9. The van der Waals surface area contributed by atoms with E-state index in [1.165, 1.54) is 24.3 Å². The highest BCUT2D eigenvalue weighted by atomic mass is 19.4. The van der Waals surface area contributed by atoms with Gasteiger partial charge in [-0.1, -0.05) is 84.9 Å². The first-order chi connectivity index (χ1) is 25.1. The Balaban J connectivity index is 1.46. The molecule has 4 aromatic rings. The Morgan fingerprint density at radius 2 is 1.09 bits per heavy atom. The van der Waals surface area contributed by atoms with Gasteiger partial charge in [0.15, 0.2) is 6.61 Å². The Labute approximate surface area is 306 Å². The van der Waals surface area contributed by atoms with Crippen molar-refractivity contribution in [3.63, 3.8) is 0 Å². The van der Waals surface area contributed by atoms with Crippen LogP contribution < -0.4 is 26.0 Å². The van der Waals surface area contributed by atoms with Gasteiger partial charge >= 0.3 is 12.3 Å². The van der Waals surface area contributed by atoms with Crippen LogP contribution in [0.4, 0.5) is 18.0 Å². The Bertz CT molecular complexity index is 1800. The maximum atomic E-state index is 13.9. The molecule has 0 aliphatic carbocycles. The zero-order valence-corrected chi connectivity index (χ0v) is 29.7. The lowest BCUT2D eigenvalue weighted by Crippen LogP contribution is -2.55. The van der Waals surface area contributed by atoms with Gasteiger partial charge in [-0.2, -0.15) is 13.2 Å². The molecular formula is C40H43F3N4O6. The summed E-state index contributed by atoms with van der Waals surface area (Å²) < 4.78 is 47.9. The van der Waals surface area contributed by atoms with Crippen LogP contribution in [0.25, 0.3) is 0 Å². The van der Waals surface area contributed by atoms with Crippen molar-refractivity contribution in [2.45, 2.75) is 70.6 Å². The van der Waals surface area contributed by atoms with Crippen LogP contribution in [-0.4, -0.2) is 54.3 Å². The van der Waals surface area contributed by atoms with Crippen LogP contribution in [0, 0.1) is 0 Å². The molecule has 0 saturated carbocycles. The third-order valence-corrected chi connectivity index (χ3v) is 7.66. The standard InChI is InChI=1S/C40H43F3N4O6/c1-39(2,3)53-38(51)45-25-30-16-14-29(15-17-30)24-44-36(49)33(22-27-10-6-4-7-11-27)47-37(50)34(46-35(48)31-12-8-5-9-13-31)23-28-18-20-32(21-19-28)52-26-40(41,42)43/h4-21,33-34H,22-26H2,1-3H3,(H,44,49)(H,45,51)(H,46,48)(H,47,50)/t33-,34-/m0/s1. The highest BCUT2D eigenvalue weighted by Crippen LogP contribution is 2.20. The zero-order valence-electron chi connectivity index (χ0n) is 29.7. The monoisotopic (exact) mass is 732 g/mol. The molecule has 4 aromatic carbocycles. The van der Waals surface area contributed by atoms with E-state index in [9.17, 15) is 32.3 Å². The summed E-state index contributed by atoms with van der Waals surface area (Å²) in [6.45, 7) is 4.29. The highest BCUT2D eigenvalue weighted by molar-refractivity contribution is 5.98. The molecule has 4 amide bonds. The van der Waals surface area contributed by atoms with Gasteiger partial charge in [-0.15, -0.1) is 0 Å². The van der Waals surface area contributed by atoms with Gasteiger partial charge in [0.1, 0.15) is 23.4 Å². The first-order valence-corrected chi connectivity index (χ1v) is 16.9. The highest BCUT2D eigenvalue weighted by Gasteiger charge is 2.29. The summed E-state index contributed by atoms with van der Waals surface area (Å²) in [7, 11) is 0. The average molecular weight is 733 g/mol. The second kappa shape index (κ2) is 18.6. The number of carbonyl (C=O) groups excluding carboxylic acids is 4. The van der Waals surface area contributed by atoms with Crippen LogP contribution in [0.1, 0.15) is 53.4 Å². The summed E-state index contributed by atoms with van der Waals surface area (Å²) in [4.78, 5) is 52.7. The molecule has 0 fully saturated rings. The number of alkyl halides is 3. The lowest BCUT2D eigenvalue weighted by atomic mass is 10.0. The topological polar surface area (TPSA) is 135 Å². The molecule has 13 heteroatoms. The SMILES string of the molecule is CC(C)(C)OC(=O)NCc1ccc(CNC(=O)[C@H](Cc2ccccc2)NC(=O)[C@H](Cc2ccc(OCC(F)(F)F)cc2)NC(=O)c2ccccc2)cc1. The molecule has 2 atom stereocenters. The van der Waals surface area contributed by atoms with Crippen molar-refractivity contribution in [1.82, 2.24) is 21.3 Å². The number of rotatable bonds is 15. The van der Waals surface area contributed by atoms with Crippen molar-refractivity contribution >= 4 is 23.8 Å². The van der Waals surface area contributed by atoms with E-state index in [2.05, 4.69) is 21.3 Å². The maximum absolute atomic E-state index is 13.9. The fourth-order valence-electron chi connectivity index (χ4n) is 5.07. The second-order valence-corrected chi connectivity index (χ2v) is 13.3. The number of amides is 4. The molecule has 53 heavy (non-hydrogen) atoms. The van der Waals surface area contributed by atoms with Crippen molar-refractivity contribution in [3.8, 4) is 5.75 Å². The third kappa shape index (κ3) is 14.4. The number of hydrogen-bond acceptors (Lipinski definition) is 6. The van der Waals surface area contributed by atoms with Crippen molar-refractivity contribution < 1.29 is 41.8 Å². The summed E-state index contributed by atoms with van der Waals surface area (Å²) in [5.41, 5.74) is 2.62. The Kier molecular flexibility index (Phi) is 14.0. The van der Waals surface area contributed by atoms with E-state index >= 15 is 0 Å². The van der Waals surface area contributed by atoms with Crippen molar-refractivity contribution in [2.75, 3.05) is 6.61 Å². The molecular weight excluding hydrogens is 689 g/mol. The lowest BCUT2D eigenvalue weighted by molar-refractivity contribution is -0.153. The van der Waals surface area contributed by atoms with Gasteiger partial charge in [0.2, 0.25) is 11.8 Å². The van der Waals surface area contributed by atoms with E-state index < -0.39 is 54.3 Å². The summed E-state index contributed by atoms with van der Waals surface area (Å²) in [5, 5.41) is 11.1. The quantitative estimate of drug-likeness (QED) is 0.118. The van der Waals surface area contributed by atoms with Crippen LogP contribution in [0.15, 0.2) is 109 Å². The van der Waals surface area contributed by atoms with Crippen molar-refractivity contribution in [3.05, 3.63) is 137 Å². The molecule has 4 N–H and O–H groups in total. The Morgan fingerprint density at radius 1 is 0.604 bits per heavy atom. The Morgan fingerprint density at radius 3 is 1.64 bits per heavy atom. The summed E-state index contributed by atoms with van der Waals surface area (Å²) in [6, 6.07) is 28.2. The molecule has 0 saturated heterocycles. The molecule has 280 valence electrons. The minimum atomic E-state index is -4.50. The minimum absolute atomic E-state index is 0.00731. The molecule has 0 bridgehead atoms. The van der Waals surface area contributed by atoms with Crippen LogP contribution in [0.3, 0.4) is 0 Å². The molecule has 0 radical (unpaired) electrons. The van der Waals surface area contributed by atoms with Gasteiger partial charge in [0.25, 0.3) is 5.91 Å². The van der Waals surface area contributed by atoms with E-state index in [0.29, 0.717) is 11.1 Å². The average Bonchev–Trinajstić information content (AvgIpc) is 3.12. The molecule has 4 rings (SSSR count). The molecule has 0 unspecified atom stereocenters. The zero-order chi connectivity index (χ0) is 38.4. The van der Waals surface area contributed by atoms with Crippen molar-refractivity contribution in [2.24, 2.45) is 0 Å². The molecule has 0 aliphatic heterocycles. The number of hydrogen-bond donors (Lipinski definition) is 4. The van der Waals surface area contributed by atoms with E-state index in [4.69, 9.17) is 9.47 Å². The number of ether oxygens (including phenoxy) is 2. The summed E-state index contributed by atoms with van der Waals surface area (Å²) in [5.74, 6) is -1.63. The number of benzene rings is 4. The molecule has 0 aliphatic rings. The van der Waals surface area contributed by atoms with Gasteiger partial charge in [-0.25, -0.2) is 4.79 Å². The van der Waals surface area contributed by atoms with Gasteiger partial charge < -0.3 is 30.7 Å². The van der Waals surface area contributed by atoms with E-state index in [0.717, 1.165) is 16.7 Å². The normalized spacial score (nSPS) is 12.5. The largest absolute Gasteiger partial charge is 0.484 e. The van der Waals surface area contributed by atoms with Crippen LogP contribution in [-0.2, 0) is 40.3 Å². The van der Waals surface area contributed by atoms with E-state index in [-0.39, 0.29) is 31.7 Å². The van der Waals surface area contributed by atoms with E-state index in [1.54, 1.807) is 51.1 Å². The van der Waals surface area contributed by atoms with Crippen molar-refractivity contribution in [1.29, 1.82) is 0 Å². The van der Waals surface area contributed by atoms with Crippen LogP contribution in [0.5, 0.6) is 5.75 Å². The number of alkyl carbamates (subject to hydrolysis) is 1. The smallest absolute Gasteiger partial charge is 0.422 e. The summed E-state index contributed by atoms with van der Waals surface area (Å²) in [6.07, 6.45) is -4.91. The van der Waals surface area contributed by atoms with E-state index in [1.807, 2.05) is 54.6 Å². The molecule has 0 spiro atoms. The van der Waals surface area contributed by atoms with Crippen LogP contribution in [0.2, 0.25) is 0 Å². The van der Waals surface area contributed by atoms with Gasteiger partial charge in [0, 0.05) is 31.5 Å². The molecule has 0 aromatic heterocycles. The molecule has 0 heterocycles. The predicted octanol–water partition coefficient (Wildman–Crippen LogP) is 6.04. The fourth-order valence-corrected chi connectivity index (χ4v) is 5.07. The molecule has 10 nitrogen and oxygen atoms in total. The Hall–Kier alpha value is -5.85. The lowest BCUT2D eigenvalue weighted by Gasteiger charge is -2.24. The van der Waals surface area contributed by atoms with Gasteiger partial charge in [-0.3, -0.25) is 14.4 Å². The number of halogens is 3. The second-order valence-electron chi connectivity index (χ2n) is 13.3. The maximum Gasteiger partial charge on any atom is 0.422 e. The number of carbonyl (C=O) groups is 4.